The van der Waals surface area contributed by atoms with Gasteiger partial charge >= 0.3 is 0 Å². The summed E-state index contributed by atoms with van der Waals surface area (Å²) in [6, 6.07) is 10.6. The maximum atomic E-state index is 6.22. The van der Waals surface area contributed by atoms with Gasteiger partial charge < -0.3 is 15.4 Å². The van der Waals surface area contributed by atoms with Gasteiger partial charge in [-0.25, -0.2) is 0 Å². The lowest BCUT2D eigenvalue weighted by atomic mass is 10.0. The second kappa shape index (κ2) is 7.63. The van der Waals surface area contributed by atoms with Gasteiger partial charge in [0.25, 0.3) is 0 Å². The molecule has 1 saturated heterocycles. The number of rotatable bonds is 6. The minimum Gasteiger partial charge on any atom is -0.381 e. The Hall–Kier alpha value is -0.900. The molecule has 1 fully saturated rings. The van der Waals surface area contributed by atoms with Gasteiger partial charge in [0.15, 0.2) is 0 Å². The van der Waals surface area contributed by atoms with Gasteiger partial charge in [0, 0.05) is 26.2 Å². The molecule has 0 amide bonds. The number of methoxy groups -OCH3 is 1. The third kappa shape index (κ3) is 4.60. The Morgan fingerprint density at radius 1 is 1.26 bits per heavy atom. The van der Waals surface area contributed by atoms with E-state index in [0.29, 0.717) is 6.10 Å². The summed E-state index contributed by atoms with van der Waals surface area (Å²) in [5.74, 6) is 0. The van der Waals surface area contributed by atoms with Crippen LogP contribution >= 0.6 is 0 Å². The maximum absolute atomic E-state index is 6.22. The summed E-state index contributed by atoms with van der Waals surface area (Å²) in [4.78, 5) is 2.53. The quantitative estimate of drug-likeness (QED) is 0.856. The molecule has 1 heterocycles. The van der Waals surface area contributed by atoms with Gasteiger partial charge in [0.1, 0.15) is 0 Å². The van der Waals surface area contributed by atoms with Crippen LogP contribution in [0.5, 0.6) is 0 Å². The number of ether oxygens (including phenoxy) is 1. The van der Waals surface area contributed by atoms with Gasteiger partial charge in [-0.1, -0.05) is 30.3 Å². The van der Waals surface area contributed by atoms with Crippen molar-refractivity contribution in [3.05, 3.63) is 35.9 Å². The van der Waals surface area contributed by atoms with Crippen molar-refractivity contribution in [3.8, 4) is 0 Å². The monoisotopic (exact) mass is 262 g/mol. The molecule has 1 aromatic carbocycles. The second-order valence-electron chi connectivity index (χ2n) is 5.44. The molecule has 3 nitrogen and oxygen atoms in total. The fraction of sp³-hybridized carbons (Fsp3) is 0.625. The highest BCUT2D eigenvalue weighted by Crippen LogP contribution is 2.17. The molecule has 3 heteroatoms. The third-order valence-electron chi connectivity index (χ3n) is 4.09. The first-order chi connectivity index (χ1) is 9.29. The predicted octanol–water partition coefficient (Wildman–Crippen LogP) is 2.58. The molecule has 1 atom stereocenters. The Kier molecular flexibility index (Phi) is 5.83. The summed E-state index contributed by atoms with van der Waals surface area (Å²) in [6.07, 6.45) is 5.05. The van der Waals surface area contributed by atoms with E-state index in [1.165, 1.54) is 37.9 Å². The van der Waals surface area contributed by atoms with Crippen molar-refractivity contribution in [3.63, 3.8) is 0 Å². The number of piperidine rings is 1. The van der Waals surface area contributed by atoms with Crippen molar-refractivity contribution in [2.45, 2.75) is 37.8 Å². The van der Waals surface area contributed by atoms with E-state index in [2.05, 4.69) is 29.2 Å². The smallest absolute Gasteiger partial charge is 0.0595 e. The number of nitrogens with zero attached hydrogens (tertiary/aromatic N) is 1. The minimum absolute atomic E-state index is 0.178. The SMILES string of the molecule is COC1CCN(CCCC(N)c2ccccc2)CC1. The fourth-order valence-electron chi connectivity index (χ4n) is 2.77. The third-order valence-corrected chi connectivity index (χ3v) is 4.09. The molecule has 1 aromatic rings. The van der Waals surface area contributed by atoms with Crippen LogP contribution < -0.4 is 5.73 Å². The zero-order chi connectivity index (χ0) is 13.5. The van der Waals surface area contributed by atoms with Crippen LogP contribution in [0.2, 0.25) is 0 Å². The van der Waals surface area contributed by atoms with Crippen molar-refractivity contribution in [1.29, 1.82) is 0 Å². The average molecular weight is 262 g/mol. The first kappa shape index (κ1) is 14.5. The van der Waals surface area contributed by atoms with Gasteiger partial charge in [-0.2, -0.15) is 0 Å². The van der Waals surface area contributed by atoms with Crippen LogP contribution in [0.1, 0.15) is 37.3 Å². The Morgan fingerprint density at radius 3 is 2.58 bits per heavy atom. The molecule has 2 rings (SSSR count). The molecule has 0 radical (unpaired) electrons. The summed E-state index contributed by atoms with van der Waals surface area (Å²) >= 11 is 0. The number of hydrogen-bond acceptors (Lipinski definition) is 3. The molecular formula is C16H26N2O. The molecule has 1 unspecified atom stereocenters. The van der Waals surface area contributed by atoms with Gasteiger partial charge in [-0.15, -0.1) is 0 Å². The van der Waals surface area contributed by atoms with Crippen LogP contribution in [0, 0.1) is 0 Å². The number of nitrogens with two attached hydrogens (primary N) is 1. The van der Waals surface area contributed by atoms with Crippen molar-refractivity contribution in [2.24, 2.45) is 5.73 Å². The predicted molar refractivity (Wildman–Crippen MR) is 79.1 cm³/mol. The maximum Gasteiger partial charge on any atom is 0.0595 e. The van der Waals surface area contributed by atoms with E-state index in [0.717, 1.165) is 13.0 Å². The van der Waals surface area contributed by atoms with Crippen LogP contribution in [-0.2, 0) is 4.74 Å². The lowest BCUT2D eigenvalue weighted by Gasteiger charge is -2.31. The molecule has 19 heavy (non-hydrogen) atoms. The first-order valence-corrected chi connectivity index (χ1v) is 7.35. The summed E-state index contributed by atoms with van der Waals surface area (Å²) in [7, 11) is 1.82. The highest BCUT2D eigenvalue weighted by Gasteiger charge is 2.18. The van der Waals surface area contributed by atoms with Crippen molar-refractivity contribution < 1.29 is 4.74 Å². The zero-order valence-electron chi connectivity index (χ0n) is 11.9. The van der Waals surface area contributed by atoms with Gasteiger partial charge in [0.2, 0.25) is 0 Å². The molecule has 0 bridgehead atoms. The van der Waals surface area contributed by atoms with E-state index >= 15 is 0 Å². The molecule has 0 saturated carbocycles. The van der Waals surface area contributed by atoms with E-state index in [-0.39, 0.29) is 6.04 Å². The Morgan fingerprint density at radius 2 is 1.95 bits per heavy atom. The van der Waals surface area contributed by atoms with Gasteiger partial charge in [-0.3, -0.25) is 0 Å². The standard InChI is InChI=1S/C16H26N2O/c1-19-15-9-12-18(13-10-15)11-5-8-16(17)14-6-3-2-4-7-14/h2-4,6-7,15-16H,5,8-13,17H2,1H3. The molecule has 106 valence electrons. The van der Waals surface area contributed by atoms with Crippen molar-refractivity contribution in [2.75, 3.05) is 26.7 Å². The van der Waals surface area contributed by atoms with Crippen LogP contribution in [-0.4, -0.2) is 37.7 Å². The van der Waals surface area contributed by atoms with E-state index in [1.807, 2.05) is 13.2 Å². The molecule has 1 aliphatic rings. The highest BCUT2D eigenvalue weighted by molar-refractivity contribution is 5.18. The largest absolute Gasteiger partial charge is 0.381 e. The first-order valence-electron chi connectivity index (χ1n) is 7.35. The zero-order valence-corrected chi connectivity index (χ0v) is 11.9. The van der Waals surface area contributed by atoms with Gasteiger partial charge in [0.05, 0.1) is 6.10 Å². The highest BCUT2D eigenvalue weighted by atomic mass is 16.5. The van der Waals surface area contributed by atoms with Crippen LogP contribution in [0.25, 0.3) is 0 Å². The van der Waals surface area contributed by atoms with Crippen LogP contribution in [0.3, 0.4) is 0 Å². The number of hydrogen-bond donors (Lipinski definition) is 1. The molecule has 0 spiro atoms. The number of benzene rings is 1. The summed E-state index contributed by atoms with van der Waals surface area (Å²) in [5, 5.41) is 0. The van der Waals surface area contributed by atoms with E-state index in [9.17, 15) is 0 Å². The molecule has 2 N–H and O–H groups in total. The minimum atomic E-state index is 0.178. The van der Waals surface area contributed by atoms with Crippen molar-refractivity contribution in [1.82, 2.24) is 4.90 Å². The molecule has 0 aliphatic carbocycles. The Labute approximate surface area is 116 Å². The van der Waals surface area contributed by atoms with Gasteiger partial charge in [-0.05, 0) is 37.8 Å². The lowest BCUT2D eigenvalue weighted by Crippen LogP contribution is -2.37. The Bertz CT molecular complexity index is 347. The van der Waals surface area contributed by atoms with E-state index in [4.69, 9.17) is 10.5 Å². The lowest BCUT2D eigenvalue weighted by molar-refractivity contribution is 0.0406. The molecule has 0 aromatic heterocycles. The normalized spacial score (nSPS) is 19.5. The number of likely N-dealkylation sites (tertiary alicyclic amines) is 1. The summed E-state index contributed by atoms with van der Waals surface area (Å²) in [6.45, 7) is 3.50. The van der Waals surface area contributed by atoms with Crippen LogP contribution in [0.4, 0.5) is 0 Å². The van der Waals surface area contributed by atoms with E-state index < -0.39 is 0 Å². The molecule has 1 aliphatic heterocycles. The average Bonchev–Trinajstić information content (AvgIpc) is 2.49. The molecular weight excluding hydrogens is 236 g/mol. The topological polar surface area (TPSA) is 38.5 Å². The van der Waals surface area contributed by atoms with Crippen LogP contribution in [0.15, 0.2) is 30.3 Å². The van der Waals surface area contributed by atoms with E-state index in [1.54, 1.807) is 0 Å². The summed E-state index contributed by atoms with van der Waals surface area (Å²) < 4.78 is 5.39. The fourth-order valence-corrected chi connectivity index (χ4v) is 2.77. The van der Waals surface area contributed by atoms with Crippen molar-refractivity contribution >= 4 is 0 Å². The Balaban J connectivity index is 1.64. The summed E-state index contributed by atoms with van der Waals surface area (Å²) in [5.41, 5.74) is 7.47. The second-order valence-corrected chi connectivity index (χ2v) is 5.44.